The predicted octanol–water partition coefficient (Wildman–Crippen LogP) is 2.86. The molecule has 1 aliphatic carbocycles. The van der Waals surface area contributed by atoms with Crippen LogP contribution in [0.2, 0.25) is 0 Å². The Kier molecular flexibility index (Phi) is 3.80. The highest BCUT2D eigenvalue weighted by molar-refractivity contribution is 5.16. The molecule has 0 heterocycles. The summed E-state index contributed by atoms with van der Waals surface area (Å²) in [5.41, 5.74) is 7.66. The highest BCUT2D eigenvalue weighted by Crippen LogP contribution is 2.31. The molecule has 0 amide bonds. The summed E-state index contributed by atoms with van der Waals surface area (Å²) in [4.78, 5) is 0. The summed E-state index contributed by atoms with van der Waals surface area (Å²) in [6.07, 6.45) is 8.55. The zero-order chi connectivity index (χ0) is 8.97. The van der Waals surface area contributed by atoms with Gasteiger partial charge in [-0.1, -0.05) is 38.3 Å². The van der Waals surface area contributed by atoms with Crippen molar-refractivity contribution in [2.45, 2.75) is 52.0 Å². The van der Waals surface area contributed by atoms with Crippen molar-refractivity contribution in [3.8, 4) is 0 Å². The van der Waals surface area contributed by atoms with Gasteiger partial charge in [0.2, 0.25) is 0 Å². The first-order chi connectivity index (χ1) is 5.79. The minimum atomic E-state index is 0.423. The molecule has 0 fully saturated rings. The minimum Gasteiger partial charge on any atom is -0.327 e. The van der Waals surface area contributed by atoms with Gasteiger partial charge in [-0.15, -0.1) is 0 Å². The van der Waals surface area contributed by atoms with Crippen molar-refractivity contribution in [3.63, 3.8) is 0 Å². The first-order valence-electron chi connectivity index (χ1n) is 5.24. The van der Waals surface area contributed by atoms with E-state index in [4.69, 9.17) is 5.73 Å². The molecule has 2 unspecified atom stereocenters. The van der Waals surface area contributed by atoms with Crippen molar-refractivity contribution in [1.82, 2.24) is 0 Å². The Labute approximate surface area is 76.0 Å². The zero-order valence-corrected chi connectivity index (χ0v) is 8.34. The topological polar surface area (TPSA) is 26.0 Å². The summed E-state index contributed by atoms with van der Waals surface area (Å²) in [6.45, 7) is 4.49. The molecule has 1 aliphatic rings. The van der Waals surface area contributed by atoms with Gasteiger partial charge in [-0.25, -0.2) is 0 Å². The fourth-order valence-corrected chi connectivity index (χ4v) is 2.16. The first kappa shape index (κ1) is 9.79. The molecule has 2 N–H and O–H groups in total. The lowest BCUT2D eigenvalue weighted by Crippen LogP contribution is -2.26. The molecule has 12 heavy (non-hydrogen) atoms. The van der Waals surface area contributed by atoms with E-state index in [1.165, 1.54) is 25.7 Å². The SMILES string of the molecule is CCCC1=CCC(N)C1CCC. The van der Waals surface area contributed by atoms with E-state index < -0.39 is 0 Å². The minimum absolute atomic E-state index is 0.423. The van der Waals surface area contributed by atoms with Gasteiger partial charge in [0.05, 0.1) is 0 Å². The van der Waals surface area contributed by atoms with Gasteiger partial charge in [-0.2, -0.15) is 0 Å². The van der Waals surface area contributed by atoms with Crippen LogP contribution in [0.5, 0.6) is 0 Å². The summed E-state index contributed by atoms with van der Waals surface area (Å²) in [5.74, 6) is 0.704. The van der Waals surface area contributed by atoms with Crippen LogP contribution in [0.4, 0.5) is 0 Å². The van der Waals surface area contributed by atoms with Gasteiger partial charge in [-0.3, -0.25) is 0 Å². The quantitative estimate of drug-likeness (QED) is 0.640. The summed E-state index contributed by atoms with van der Waals surface area (Å²) >= 11 is 0. The second-order valence-electron chi connectivity index (χ2n) is 3.82. The van der Waals surface area contributed by atoms with E-state index in [2.05, 4.69) is 19.9 Å². The van der Waals surface area contributed by atoms with Gasteiger partial charge >= 0.3 is 0 Å². The molecule has 0 bridgehead atoms. The number of hydrogen-bond donors (Lipinski definition) is 1. The normalized spacial score (nSPS) is 29.1. The third-order valence-corrected chi connectivity index (χ3v) is 2.78. The Balaban J connectivity index is 2.48. The molecule has 0 saturated carbocycles. The molecule has 70 valence electrons. The molecule has 0 saturated heterocycles. The lowest BCUT2D eigenvalue weighted by Gasteiger charge is -2.18. The Morgan fingerprint density at radius 2 is 2.17 bits per heavy atom. The maximum Gasteiger partial charge on any atom is 0.0139 e. The number of rotatable bonds is 4. The van der Waals surface area contributed by atoms with Crippen LogP contribution in [0.1, 0.15) is 46.0 Å². The summed E-state index contributed by atoms with van der Waals surface area (Å²) in [7, 11) is 0. The lowest BCUT2D eigenvalue weighted by molar-refractivity contribution is 0.465. The van der Waals surface area contributed by atoms with Gasteiger partial charge in [0.1, 0.15) is 0 Å². The zero-order valence-electron chi connectivity index (χ0n) is 8.34. The van der Waals surface area contributed by atoms with Crippen molar-refractivity contribution in [1.29, 1.82) is 0 Å². The van der Waals surface area contributed by atoms with Crippen molar-refractivity contribution >= 4 is 0 Å². The summed E-state index contributed by atoms with van der Waals surface area (Å²) in [5, 5.41) is 0. The maximum absolute atomic E-state index is 6.03. The molecular weight excluding hydrogens is 146 g/mol. The smallest absolute Gasteiger partial charge is 0.0139 e. The Morgan fingerprint density at radius 1 is 1.42 bits per heavy atom. The van der Waals surface area contributed by atoms with Crippen molar-refractivity contribution < 1.29 is 0 Å². The highest BCUT2D eigenvalue weighted by atomic mass is 14.7. The van der Waals surface area contributed by atoms with E-state index >= 15 is 0 Å². The average Bonchev–Trinajstić information content (AvgIpc) is 2.37. The summed E-state index contributed by atoms with van der Waals surface area (Å²) < 4.78 is 0. The molecule has 0 aromatic rings. The van der Waals surface area contributed by atoms with Crippen molar-refractivity contribution in [3.05, 3.63) is 11.6 Å². The third-order valence-electron chi connectivity index (χ3n) is 2.78. The number of nitrogens with two attached hydrogens (primary N) is 1. The van der Waals surface area contributed by atoms with E-state index in [9.17, 15) is 0 Å². The molecule has 0 aliphatic heterocycles. The Morgan fingerprint density at radius 3 is 2.75 bits per heavy atom. The van der Waals surface area contributed by atoms with Crippen LogP contribution >= 0.6 is 0 Å². The molecule has 1 nitrogen and oxygen atoms in total. The molecule has 1 heteroatoms. The van der Waals surface area contributed by atoms with Crippen LogP contribution in [-0.2, 0) is 0 Å². The Hall–Kier alpha value is -0.300. The fourth-order valence-electron chi connectivity index (χ4n) is 2.16. The lowest BCUT2D eigenvalue weighted by atomic mass is 9.91. The second kappa shape index (κ2) is 4.66. The maximum atomic E-state index is 6.03. The molecule has 0 radical (unpaired) electrons. The van der Waals surface area contributed by atoms with Crippen LogP contribution in [0.25, 0.3) is 0 Å². The molecule has 0 spiro atoms. The third kappa shape index (κ3) is 2.10. The largest absolute Gasteiger partial charge is 0.327 e. The fraction of sp³-hybridized carbons (Fsp3) is 0.818. The van der Waals surface area contributed by atoms with Gasteiger partial charge in [0.25, 0.3) is 0 Å². The predicted molar refractivity (Wildman–Crippen MR) is 54.0 cm³/mol. The van der Waals surface area contributed by atoms with Crippen LogP contribution in [-0.4, -0.2) is 6.04 Å². The van der Waals surface area contributed by atoms with Crippen LogP contribution in [0, 0.1) is 5.92 Å². The molecular formula is C11H21N. The Bertz CT molecular complexity index is 160. The molecule has 0 aromatic carbocycles. The van der Waals surface area contributed by atoms with E-state index in [1.54, 1.807) is 5.57 Å². The summed E-state index contributed by atoms with van der Waals surface area (Å²) in [6, 6.07) is 0.423. The number of hydrogen-bond acceptors (Lipinski definition) is 1. The molecule has 1 rings (SSSR count). The highest BCUT2D eigenvalue weighted by Gasteiger charge is 2.24. The second-order valence-corrected chi connectivity index (χ2v) is 3.82. The van der Waals surface area contributed by atoms with Crippen LogP contribution < -0.4 is 5.73 Å². The van der Waals surface area contributed by atoms with Crippen molar-refractivity contribution in [2.75, 3.05) is 0 Å². The van der Waals surface area contributed by atoms with E-state index in [-0.39, 0.29) is 0 Å². The van der Waals surface area contributed by atoms with Gasteiger partial charge in [-0.05, 0) is 25.2 Å². The van der Waals surface area contributed by atoms with E-state index in [0.717, 1.165) is 6.42 Å². The standard InChI is InChI=1S/C11H21N/c1-3-5-9-7-8-11(12)10(9)6-4-2/h7,10-11H,3-6,8,12H2,1-2H3. The molecule has 0 aromatic heterocycles. The van der Waals surface area contributed by atoms with Gasteiger partial charge in [0, 0.05) is 6.04 Å². The van der Waals surface area contributed by atoms with E-state index in [0.29, 0.717) is 12.0 Å². The van der Waals surface area contributed by atoms with Gasteiger partial charge < -0.3 is 5.73 Å². The molecule has 2 atom stereocenters. The average molecular weight is 167 g/mol. The van der Waals surface area contributed by atoms with Crippen LogP contribution in [0.15, 0.2) is 11.6 Å². The van der Waals surface area contributed by atoms with Crippen LogP contribution in [0.3, 0.4) is 0 Å². The van der Waals surface area contributed by atoms with Crippen molar-refractivity contribution in [2.24, 2.45) is 11.7 Å². The first-order valence-corrected chi connectivity index (χ1v) is 5.24. The van der Waals surface area contributed by atoms with Gasteiger partial charge in [0.15, 0.2) is 0 Å². The van der Waals surface area contributed by atoms with E-state index in [1.807, 2.05) is 0 Å². The monoisotopic (exact) mass is 167 g/mol.